The standard InChI is InChI=1S/C16H24N4S/c1-12-10-13(2)19-15(18-12)21-9-5-4-8-16(3,11-17)20-14-6-7-14/h10,14,20H,4-9H2,1-3H3. The Morgan fingerprint density at radius 1 is 1.33 bits per heavy atom. The highest BCUT2D eigenvalue weighted by molar-refractivity contribution is 7.99. The van der Waals surface area contributed by atoms with E-state index in [9.17, 15) is 5.26 Å². The number of nitriles is 1. The summed E-state index contributed by atoms with van der Waals surface area (Å²) in [6.07, 6.45) is 5.49. The molecule has 1 aliphatic rings. The van der Waals surface area contributed by atoms with Crippen molar-refractivity contribution < 1.29 is 0 Å². The molecule has 1 aromatic rings. The van der Waals surface area contributed by atoms with Crippen molar-refractivity contribution in [3.05, 3.63) is 17.5 Å². The molecule has 1 saturated carbocycles. The van der Waals surface area contributed by atoms with E-state index in [2.05, 4.69) is 21.4 Å². The van der Waals surface area contributed by atoms with Crippen LogP contribution in [-0.2, 0) is 0 Å². The molecule has 1 aromatic heterocycles. The van der Waals surface area contributed by atoms with Gasteiger partial charge < -0.3 is 0 Å². The fourth-order valence-corrected chi connectivity index (χ4v) is 3.29. The molecular weight excluding hydrogens is 280 g/mol. The molecule has 1 heterocycles. The monoisotopic (exact) mass is 304 g/mol. The topological polar surface area (TPSA) is 61.6 Å². The zero-order valence-electron chi connectivity index (χ0n) is 13.1. The molecule has 0 spiro atoms. The number of hydrogen-bond donors (Lipinski definition) is 1. The predicted octanol–water partition coefficient (Wildman–Crippen LogP) is 3.39. The van der Waals surface area contributed by atoms with Crippen LogP contribution in [0.1, 0.15) is 50.4 Å². The molecule has 0 aliphatic heterocycles. The fourth-order valence-electron chi connectivity index (χ4n) is 2.34. The Morgan fingerprint density at radius 3 is 2.57 bits per heavy atom. The van der Waals surface area contributed by atoms with Crippen molar-refractivity contribution in [2.45, 2.75) is 69.6 Å². The lowest BCUT2D eigenvalue weighted by Crippen LogP contribution is -2.42. The van der Waals surface area contributed by atoms with E-state index in [1.54, 1.807) is 11.8 Å². The van der Waals surface area contributed by atoms with E-state index in [4.69, 9.17) is 0 Å². The third-order valence-electron chi connectivity index (χ3n) is 3.61. The summed E-state index contributed by atoms with van der Waals surface area (Å²) in [7, 11) is 0. The van der Waals surface area contributed by atoms with Gasteiger partial charge in [0.05, 0.1) is 6.07 Å². The second-order valence-electron chi connectivity index (χ2n) is 6.10. The van der Waals surface area contributed by atoms with Crippen LogP contribution in [0.5, 0.6) is 0 Å². The van der Waals surface area contributed by atoms with Crippen LogP contribution in [0.3, 0.4) is 0 Å². The maximum absolute atomic E-state index is 9.32. The van der Waals surface area contributed by atoms with Gasteiger partial charge in [-0.25, -0.2) is 9.97 Å². The van der Waals surface area contributed by atoms with Gasteiger partial charge in [-0.05, 0) is 58.9 Å². The lowest BCUT2D eigenvalue weighted by Gasteiger charge is -2.23. The summed E-state index contributed by atoms with van der Waals surface area (Å²) in [5.74, 6) is 1.01. The molecule has 2 rings (SSSR count). The maximum atomic E-state index is 9.32. The van der Waals surface area contributed by atoms with Crippen molar-refractivity contribution in [3.63, 3.8) is 0 Å². The van der Waals surface area contributed by atoms with Crippen LogP contribution >= 0.6 is 11.8 Å². The number of rotatable bonds is 8. The quantitative estimate of drug-likeness (QED) is 0.453. The van der Waals surface area contributed by atoms with E-state index in [1.165, 1.54) is 12.8 Å². The van der Waals surface area contributed by atoms with Gasteiger partial charge in [0.15, 0.2) is 5.16 Å². The van der Waals surface area contributed by atoms with E-state index >= 15 is 0 Å². The van der Waals surface area contributed by atoms with Crippen LogP contribution < -0.4 is 5.32 Å². The highest BCUT2D eigenvalue weighted by Crippen LogP contribution is 2.25. The Labute approximate surface area is 131 Å². The van der Waals surface area contributed by atoms with Gasteiger partial charge in [-0.2, -0.15) is 5.26 Å². The molecule has 0 bridgehead atoms. The zero-order chi connectivity index (χ0) is 15.3. The first-order valence-electron chi connectivity index (χ1n) is 7.65. The summed E-state index contributed by atoms with van der Waals surface area (Å²) >= 11 is 1.71. The van der Waals surface area contributed by atoms with Gasteiger partial charge in [-0.15, -0.1) is 0 Å². The van der Waals surface area contributed by atoms with Gasteiger partial charge in [0.1, 0.15) is 5.54 Å². The van der Waals surface area contributed by atoms with Gasteiger partial charge >= 0.3 is 0 Å². The number of unbranched alkanes of at least 4 members (excludes halogenated alkanes) is 1. The van der Waals surface area contributed by atoms with Crippen LogP contribution in [0.25, 0.3) is 0 Å². The second-order valence-corrected chi connectivity index (χ2v) is 7.16. The van der Waals surface area contributed by atoms with Crippen molar-refractivity contribution in [2.75, 3.05) is 5.75 Å². The lowest BCUT2D eigenvalue weighted by molar-refractivity contribution is 0.402. The Hall–Kier alpha value is -1.12. The van der Waals surface area contributed by atoms with Crippen molar-refractivity contribution in [2.24, 2.45) is 0 Å². The average molecular weight is 304 g/mol. The SMILES string of the molecule is Cc1cc(C)nc(SCCCCC(C)(C#N)NC2CC2)n1. The average Bonchev–Trinajstić information content (AvgIpc) is 3.21. The summed E-state index contributed by atoms with van der Waals surface area (Å²) in [6, 6.07) is 5.00. The summed E-state index contributed by atoms with van der Waals surface area (Å²) < 4.78 is 0. The van der Waals surface area contributed by atoms with Crippen molar-refractivity contribution in [1.29, 1.82) is 5.26 Å². The molecule has 4 nitrogen and oxygen atoms in total. The van der Waals surface area contributed by atoms with E-state index in [1.807, 2.05) is 26.8 Å². The van der Waals surface area contributed by atoms with E-state index in [0.29, 0.717) is 6.04 Å². The van der Waals surface area contributed by atoms with Crippen LogP contribution in [0.2, 0.25) is 0 Å². The smallest absolute Gasteiger partial charge is 0.187 e. The minimum absolute atomic E-state index is 0.359. The second kappa shape index (κ2) is 7.24. The predicted molar refractivity (Wildman–Crippen MR) is 86.3 cm³/mol. The molecule has 1 aliphatic carbocycles. The molecule has 114 valence electrons. The summed E-state index contributed by atoms with van der Waals surface area (Å²) in [6.45, 7) is 6.02. The Balaban J connectivity index is 1.68. The summed E-state index contributed by atoms with van der Waals surface area (Å²) in [5.41, 5.74) is 1.69. The molecule has 0 aromatic carbocycles. The molecule has 21 heavy (non-hydrogen) atoms. The van der Waals surface area contributed by atoms with Crippen LogP contribution in [0, 0.1) is 25.2 Å². The number of aryl methyl sites for hydroxylation is 2. The van der Waals surface area contributed by atoms with Gasteiger partial charge in [0, 0.05) is 23.2 Å². The third kappa shape index (κ3) is 5.64. The van der Waals surface area contributed by atoms with Gasteiger partial charge in [0.25, 0.3) is 0 Å². The van der Waals surface area contributed by atoms with Crippen LogP contribution in [0.15, 0.2) is 11.2 Å². The molecular formula is C16H24N4S. The summed E-state index contributed by atoms with van der Waals surface area (Å²) in [4.78, 5) is 8.86. The number of aromatic nitrogens is 2. The highest BCUT2D eigenvalue weighted by Gasteiger charge is 2.31. The number of thioether (sulfide) groups is 1. The first kappa shape index (κ1) is 16.3. The minimum atomic E-state index is -0.359. The molecule has 1 N–H and O–H groups in total. The molecule has 1 atom stereocenters. The first-order valence-corrected chi connectivity index (χ1v) is 8.63. The first-order chi connectivity index (χ1) is 10.0. The number of nitrogens with zero attached hydrogens (tertiary/aromatic N) is 3. The van der Waals surface area contributed by atoms with Gasteiger partial charge in [0.2, 0.25) is 0 Å². The third-order valence-corrected chi connectivity index (χ3v) is 4.54. The Kier molecular flexibility index (Phi) is 5.60. The molecule has 5 heteroatoms. The van der Waals surface area contributed by atoms with Crippen LogP contribution in [-0.4, -0.2) is 27.3 Å². The molecule has 0 amide bonds. The van der Waals surface area contributed by atoms with Crippen molar-refractivity contribution >= 4 is 11.8 Å². The highest BCUT2D eigenvalue weighted by atomic mass is 32.2. The number of hydrogen-bond acceptors (Lipinski definition) is 5. The summed E-state index contributed by atoms with van der Waals surface area (Å²) in [5, 5.41) is 13.6. The lowest BCUT2D eigenvalue weighted by atomic mass is 9.96. The van der Waals surface area contributed by atoms with Gasteiger partial charge in [-0.3, -0.25) is 5.32 Å². The Morgan fingerprint density at radius 2 is 2.00 bits per heavy atom. The van der Waals surface area contributed by atoms with E-state index < -0.39 is 0 Å². The normalized spacial score (nSPS) is 17.2. The molecule has 0 radical (unpaired) electrons. The molecule has 1 fully saturated rings. The number of nitrogens with one attached hydrogen (secondary N) is 1. The minimum Gasteiger partial charge on any atom is -0.297 e. The largest absolute Gasteiger partial charge is 0.297 e. The zero-order valence-corrected chi connectivity index (χ0v) is 14.0. The molecule has 1 unspecified atom stereocenters. The van der Waals surface area contributed by atoms with Gasteiger partial charge in [-0.1, -0.05) is 11.8 Å². The fraction of sp³-hybridized carbons (Fsp3) is 0.688. The van der Waals surface area contributed by atoms with Crippen LogP contribution in [0.4, 0.5) is 0 Å². The van der Waals surface area contributed by atoms with E-state index in [0.717, 1.165) is 41.6 Å². The van der Waals surface area contributed by atoms with Crippen molar-refractivity contribution in [1.82, 2.24) is 15.3 Å². The maximum Gasteiger partial charge on any atom is 0.187 e. The van der Waals surface area contributed by atoms with Crippen molar-refractivity contribution in [3.8, 4) is 6.07 Å². The van der Waals surface area contributed by atoms with E-state index in [-0.39, 0.29) is 5.54 Å². The Bertz CT molecular complexity index is 501. The molecule has 0 saturated heterocycles.